The zero-order valence-electron chi connectivity index (χ0n) is 27.4. The molecule has 8 rings (SSSR count). The molecule has 2 bridgehead atoms. The molecule has 6 aromatic rings. The number of benzene rings is 5. The number of rotatable bonds is 7. The molecule has 0 amide bonds. The van der Waals surface area contributed by atoms with Gasteiger partial charge in [-0.2, -0.15) is 0 Å². The van der Waals surface area contributed by atoms with Gasteiger partial charge in [-0.1, -0.05) is 151 Å². The second kappa shape index (κ2) is 12.9. The summed E-state index contributed by atoms with van der Waals surface area (Å²) in [4.78, 5) is 15.1. The first-order valence-corrected chi connectivity index (χ1v) is 18.2. The molecule has 3 atom stereocenters. The minimum atomic E-state index is 0.159. The topological polar surface area (TPSA) is 38.7 Å². The Morgan fingerprint density at radius 3 is 1.81 bits per heavy atom. The van der Waals surface area contributed by atoms with Gasteiger partial charge in [0.1, 0.15) is 0 Å². The van der Waals surface area contributed by atoms with Crippen molar-refractivity contribution in [1.29, 1.82) is 0 Å². The Morgan fingerprint density at radius 2 is 1.15 bits per heavy atom. The summed E-state index contributed by atoms with van der Waals surface area (Å²) in [6.07, 6.45) is 8.90. The third kappa shape index (κ3) is 5.92. The van der Waals surface area contributed by atoms with Crippen LogP contribution in [-0.2, 0) is 10.8 Å². The average molecular weight is 691 g/mol. The highest BCUT2D eigenvalue weighted by molar-refractivity contribution is 9.10. The minimum absolute atomic E-state index is 0.159. The molecule has 1 heterocycles. The number of nitrogens with zero attached hydrogens (tertiary/aromatic N) is 3. The van der Waals surface area contributed by atoms with E-state index in [0.29, 0.717) is 17.5 Å². The van der Waals surface area contributed by atoms with Crippen LogP contribution in [-0.4, -0.2) is 15.0 Å². The molecule has 1 aromatic heterocycles. The smallest absolute Gasteiger partial charge is 0.164 e. The fraction of sp³-hybridized carbons (Fsp3) is 0.250. The summed E-state index contributed by atoms with van der Waals surface area (Å²) in [6.45, 7) is 2.40. The molecule has 4 heteroatoms. The van der Waals surface area contributed by atoms with E-state index in [4.69, 9.17) is 15.0 Å². The lowest BCUT2D eigenvalue weighted by atomic mass is 9.50. The van der Waals surface area contributed by atoms with Gasteiger partial charge < -0.3 is 0 Å². The van der Waals surface area contributed by atoms with Gasteiger partial charge in [-0.25, -0.2) is 15.0 Å². The summed E-state index contributed by atoms with van der Waals surface area (Å²) >= 11 is 3.67. The molecular formula is C44H40BrN3. The minimum Gasteiger partial charge on any atom is -0.208 e. The lowest BCUT2D eigenvalue weighted by molar-refractivity contribution is 0.0757. The normalized spacial score (nSPS) is 21.9. The van der Waals surface area contributed by atoms with Gasteiger partial charge in [0.15, 0.2) is 17.5 Å². The maximum atomic E-state index is 5.09. The molecule has 0 N–H and O–H groups in total. The van der Waals surface area contributed by atoms with E-state index in [1.165, 1.54) is 55.2 Å². The average Bonchev–Trinajstić information content (AvgIpc) is 3.15. The lowest BCUT2D eigenvalue weighted by Gasteiger charge is -2.54. The number of hydrogen-bond donors (Lipinski definition) is 0. The van der Waals surface area contributed by atoms with Gasteiger partial charge in [0, 0.05) is 21.2 Å². The van der Waals surface area contributed by atoms with Crippen LogP contribution in [0.25, 0.3) is 45.3 Å². The highest BCUT2D eigenvalue weighted by Gasteiger charge is 2.50. The van der Waals surface area contributed by atoms with Crippen LogP contribution in [0.15, 0.2) is 138 Å². The van der Waals surface area contributed by atoms with Crippen molar-refractivity contribution in [2.24, 2.45) is 5.92 Å². The van der Waals surface area contributed by atoms with Crippen LogP contribution in [0, 0.1) is 5.92 Å². The summed E-state index contributed by atoms with van der Waals surface area (Å²) in [5.74, 6) is 2.84. The van der Waals surface area contributed by atoms with Crippen molar-refractivity contribution in [3.63, 3.8) is 0 Å². The van der Waals surface area contributed by atoms with Crippen molar-refractivity contribution in [2.75, 3.05) is 0 Å². The Morgan fingerprint density at radius 1 is 0.583 bits per heavy atom. The Kier molecular flexibility index (Phi) is 8.30. The first-order valence-electron chi connectivity index (χ1n) is 17.4. The van der Waals surface area contributed by atoms with Crippen molar-refractivity contribution in [3.05, 3.63) is 149 Å². The highest BCUT2D eigenvalue weighted by Crippen LogP contribution is 2.58. The van der Waals surface area contributed by atoms with Crippen LogP contribution in [0.5, 0.6) is 0 Å². The Hall–Kier alpha value is -4.41. The molecule has 5 aromatic carbocycles. The fourth-order valence-electron chi connectivity index (χ4n) is 8.75. The van der Waals surface area contributed by atoms with Crippen LogP contribution < -0.4 is 0 Å². The van der Waals surface area contributed by atoms with Gasteiger partial charge in [0.25, 0.3) is 0 Å². The standard InChI is InChI=1S/C44H40BrN3/c1-2-43(28-31-11-10-26-44(29-31,30-43)38-22-24-39(45)25-23-38)37-20-18-34(19-21-37)41-46-40(33-14-7-4-8-15-33)47-42(48-41)36-17-9-16-35(27-36)32-12-5-3-6-13-32/h3-9,12-25,27,31H,2,10-11,26,28-30H2,1H3. The van der Waals surface area contributed by atoms with E-state index in [1.54, 1.807) is 0 Å². The predicted octanol–water partition coefficient (Wildman–Crippen LogP) is 11.9. The van der Waals surface area contributed by atoms with Crippen LogP contribution in [0.4, 0.5) is 0 Å². The quantitative estimate of drug-likeness (QED) is 0.167. The Bertz CT molecular complexity index is 2030. The largest absolute Gasteiger partial charge is 0.208 e. The Labute approximate surface area is 292 Å². The highest BCUT2D eigenvalue weighted by atomic mass is 79.9. The van der Waals surface area contributed by atoms with Gasteiger partial charge in [-0.3, -0.25) is 0 Å². The molecule has 0 spiro atoms. The summed E-state index contributed by atoms with van der Waals surface area (Å²) in [5.41, 5.74) is 8.67. The molecule has 238 valence electrons. The van der Waals surface area contributed by atoms with E-state index in [9.17, 15) is 0 Å². The molecule has 48 heavy (non-hydrogen) atoms. The molecule has 2 fully saturated rings. The van der Waals surface area contributed by atoms with Crippen LogP contribution in [0.2, 0.25) is 0 Å². The van der Waals surface area contributed by atoms with Gasteiger partial charge in [0.2, 0.25) is 0 Å². The fourth-order valence-corrected chi connectivity index (χ4v) is 9.01. The molecule has 0 radical (unpaired) electrons. The summed E-state index contributed by atoms with van der Waals surface area (Å²) in [5, 5.41) is 0. The molecule has 2 aliphatic carbocycles. The van der Waals surface area contributed by atoms with Gasteiger partial charge >= 0.3 is 0 Å². The molecular weight excluding hydrogens is 650 g/mol. The predicted molar refractivity (Wildman–Crippen MR) is 201 cm³/mol. The van der Waals surface area contributed by atoms with Crippen LogP contribution >= 0.6 is 15.9 Å². The van der Waals surface area contributed by atoms with Gasteiger partial charge in [-0.15, -0.1) is 0 Å². The van der Waals surface area contributed by atoms with E-state index in [2.05, 4.69) is 132 Å². The maximum Gasteiger partial charge on any atom is 0.164 e. The van der Waals surface area contributed by atoms with E-state index < -0.39 is 0 Å². The maximum absolute atomic E-state index is 5.09. The number of aromatic nitrogens is 3. The molecule has 2 aliphatic rings. The first kappa shape index (κ1) is 30.9. The van der Waals surface area contributed by atoms with Crippen molar-refractivity contribution < 1.29 is 0 Å². The lowest BCUT2D eigenvalue weighted by Crippen LogP contribution is -2.47. The van der Waals surface area contributed by atoms with E-state index in [0.717, 1.165) is 39.1 Å². The second-order valence-electron chi connectivity index (χ2n) is 14.0. The molecule has 2 saturated carbocycles. The number of hydrogen-bond acceptors (Lipinski definition) is 3. The van der Waals surface area contributed by atoms with E-state index in [-0.39, 0.29) is 10.8 Å². The van der Waals surface area contributed by atoms with Gasteiger partial charge in [-0.05, 0) is 89.3 Å². The van der Waals surface area contributed by atoms with Crippen molar-refractivity contribution in [2.45, 2.75) is 62.7 Å². The van der Waals surface area contributed by atoms with Crippen molar-refractivity contribution in [1.82, 2.24) is 15.0 Å². The molecule has 3 unspecified atom stereocenters. The third-order valence-electron chi connectivity index (χ3n) is 11.1. The number of fused-ring (bicyclic) bond motifs is 2. The molecule has 0 saturated heterocycles. The summed E-state index contributed by atoms with van der Waals surface area (Å²) in [7, 11) is 0. The van der Waals surface area contributed by atoms with Crippen LogP contribution in [0.1, 0.15) is 63.0 Å². The van der Waals surface area contributed by atoms with E-state index in [1.807, 2.05) is 24.3 Å². The summed E-state index contributed by atoms with van der Waals surface area (Å²) < 4.78 is 1.16. The summed E-state index contributed by atoms with van der Waals surface area (Å²) in [6, 6.07) is 47.7. The molecule has 3 nitrogen and oxygen atoms in total. The second-order valence-corrected chi connectivity index (χ2v) is 14.9. The SMILES string of the molecule is CCC1(c2ccc(-c3nc(-c4ccccc4)nc(-c4cccc(-c5ccccc5)c4)n3)cc2)CC2CCCC(c3ccc(Br)cc3)(C2)C1. The number of halogens is 1. The van der Waals surface area contributed by atoms with Crippen molar-refractivity contribution >= 4 is 15.9 Å². The Balaban J connectivity index is 1.17. The van der Waals surface area contributed by atoms with Gasteiger partial charge in [0.05, 0.1) is 0 Å². The van der Waals surface area contributed by atoms with Crippen molar-refractivity contribution in [3.8, 4) is 45.3 Å². The third-order valence-corrected chi connectivity index (χ3v) is 11.6. The first-order chi connectivity index (χ1) is 23.5. The zero-order chi connectivity index (χ0) is 32.6. The molecule has 0 aliphatic heterocycles. The zero-order valence-corrected chi connectivity index (χ0v) is 29.0. The monoisotopic (exact) mass is 689 g/mol. The van der Waals surface area contributed by atoms with Crippen LogP contribution in [0.3, 0.4) is 0 Å². The van der Waals surface area contributed by atoms with E-state index >= 15 is 0 Å².